The summed E-state index contributed by atoms with van der Waals surface area (Å²) < 4.78 is 10.4. The molecule has 5 heteroatoms. The third-order valence-corrected chi connectivity index (χ3v) is 2.75. The molecule has 0 saturated heterocycles. The molecule has 0 fully saturated rings. The molecule has 0 aliphatic rings. The number of nitrogens with one attached hydrogen (secondary N) is 1. The minimum Gasteiger partial charge on any atom is -0.467 e. The maximum Gasteiger partial charge on any atom is 0.129 e. The third kappa shape index (κ3) is 5.64. The Morgan fingerprint density at radius 3 is 2.78 bits per heavy atom. The van der Waals surface area contributed by atoms with Crippen LogP contribution in [0.3, 0.4) is 0 Å². The summed E-state index contributed by atoms with van der Waals surface area (Å²) in [5.41, 5.74) is 0. The maximum absolute atomic E-state index is 9.70. The smallest absolute Gasteiger partial charge is 0.129 e. The molecular formula is C13H23NO4. The molecule has 1 heterocycles. The van der Waals surface area contributed by atoms with E-state index in [1.54, 1.807) is 12.3 Å². The minimum atomic E-state index is -0.590. The van der Waals surface area contributed by atoms with Crippen LogP contribution in [0, 0.1) is 5.92 Å². The summed E-state index contributed by atoms with van der Waals surface area (Å²) in [7, 11) is 0. The summed E-state index contributed by atoms with van der Waals surface area (Å²) in [6.07, 6.45) is 0.998. The highest BCUT2D eigenvalue weighted by Crippen LogP contribution is 2.03. The number of aliphatic hydroxyl groups excluding tert-OH is 2. The SMILES string of the molecule is CC(C)C(CO)NCC(O)COCc1ccco1. The van der Waals surface area contributed by atoms with E-state index in [9.17, 15) is 5.11 Å². The van der Waals surface area contributed by atoms with Crippen LogP contribution >= 0.6 is 0 Å². The first-order valence-corrected chi connectivity index (χ1v) is 6.26. The molecule has 1 aromatic rings. The van der Waals surface area contributed by atoms with E-state index in [1.807, 2.05) is 19.9 Å². The highest BCUT2D eigenvalue weighted by Gasteiger charge is 2.13. The largest absolute Gasteiger partial charge is 0.467 e. The van der Waals surface area contributed by atoms with Crippen molar-refractivity contribution in [2.45, 2.75) is 32.6 Å². The molecular weight excluding hydrogens is 234 g/mol. The van der Waals surface area contributed by atoms with Gasteiger partial charge in [-0.05, 0) is 18.1 Å². The van der Waals surface area contributed by atoms with Crippen LogP contribution in [0.25, 0.3) is 0 Å². The van der Waals surface area contributed by atoms with Crippen molar-refractivity contribution in [3.63, 3.8) is 0 Å². The molecule has 0 radical (unpaired) electrons. The van der Waals surface area contributed by atoms with Crippen LogP contribution in [-0.4, -0.2) is 42.1 Å². The van der Waals surface area contributed by atoms with Gasteiger partial charge in [-0.2, -0.15) is 0 Å². The van der Waals surface area contributed by atoms with Crippen LogP contribution in [-0.2, 0) is 11.3 Å². The van der Waals surface area contributed by atoms with E-state index >= 15 is 0 Å². The Kier molecular flexibility index (Phi) is 6.97. The molecule has 0 aliphatic carbocycles. The van der Waals surface area contributed by atoms with Crippen molar-refractivity contribution in [2.75, 3.05) is 19.8 Å². The normalized spacial score (nSPS) is 14.9. The van der Waals surface area contributed by atoms with Gasteiger partial charge in [-0.1, -0.05) is 13.8 Å². The van der Waals surface area contributed by atoms with Gasteiger partial charge < -0.3 is 24.7 Å². The quantitative estimate of drug-likeness (QED) is 0.609. The summed E-state index contributed by atoms with van der Waals surface area (Å²) in [5, 5.41) is 21.9. The molecule has 104 valence electrons. The fourth-order valence-electron chi connectivity index (χ4n) is 1.55. The number of rotatable bonds is 9. The Labute approximate surface area is 108 Å². The lowest BCUT2D eigenvalue weighted by Gasteiger charge is -2.21. The van der Waals surface area contributed by atoms with Crippen molar-refractivity contribution in [1.82, 2.24) is 5.32 Å². The Balaban J connectivity index is 2.11. The van der Waals surface area contributed by atoms with E-state index in [1.165, 1.54) is 0 Å². The van der Waals surface area contributed by atoms with E-state index in [0.717, 1.165) is 5.76 Å². The zero-order valence-electron chi connectivity index (χ0n) is 11.0. The molecule has 0 bridgehead atoms. The van der Waals surface area contributed by atoms with Gasteiger partial charge in [0.15, 0.2) is 0 Å². The predicted octanol–water partition coefficient (Wildman–Crippen LogP) is 0.764. The summed E-state index contributed by atoms with van der Waals surface area (Å²) in [6.45, 7) is 5.11. The molecule has 18 heavy (non-hydrogen) atoms. The fourth-order valence-corrected chi connectivity index (χ4v) is 1.55. The van der Waals surface area contributed by atoms with Crippen LogP contribution in [0.5, 0.6) is 0 Å². The first-order chi connectivity index (χ1) is 8.63. The van der Waals surface area contributed by atoms with Gasteiger partial charge in [0.2, 0.25) is 0 Å². The molecule has 0 aromatic carbocycles. The Hall–Kier alpha value is -0.880. The second-order valence-corrected chi connectivity index (χ2v) is 4.69. The van der Waals surface area contributed by atoms with E-state index in [2.05, 4.69) is 5.32 Å². The number of hydrogen-bond donors (Lipinski definition) is 3. The lowest BCUT2D eigenvalue weighted by atomic mass is 10.1. The number of aliphatic hydroxyl groups is 2. The average molecular weight is 257 g/mol. The zero-order valence-corrected chi connectivity index (χ0v) is 11.0. The molecule has 1 rings (SSSR count). The highest BCUT2D eigenvalue weighted by molar-refractivity contribution is 4.96. The summed E-state index contributed by atoms with van der Waals surface area (Å²) in [4.78, 5) is 0. The number of ether oxygens (including phenoxy) is 1. The van der Waals surface area contributed by atoms with E-state index in [4.69, 9.17) is 14.3 Å². The number of furan rings is 1. The van der Waals surface area contributed by atoms with Gasteiger partial charge >= 0.3 is 0 Å². The van der Waals surface area contributed by atoms with Crippen molar-refractivity contribution < 1.29 is 19.4 Å². The van der Waals surface area contributed by atoms with Crippen LogP contribution in [0.15, 0.2) is 22.8 Å². The Morgan fingerprint density at radius 1 is 1.44 bits per heavy atom. The van der Waals surface area contributed by atoms with Crippen LogP contribution in [0.2, 0.25) is 0 Å². The van der Waals surface area contributed by atoms with Crippen LogP contribution in [0.4, 0.5) is 0 Å². The van der Waals surface area contributed by atoms with Crippen LogP contribution in [0.1, 0.15) is 19.6 Å². The lowest BCUT2D eigenvalue weighted by molar-refractivity contribution is 0.0197. The second-order valence-electron chi connectivity index (χ2n) is 4.69. The second kappa shape index (κ2) is 8.26. The van der Waals surface area contributed by atoms with Gasteiger partial charge in [0.25, 0.3) is 0 Å². The Morgan fingerprint density at radius 2 is 2.22 bits per heavy atom. The molecule has 5 nitrogen and oxygen atoms in total. The van der Waals surface area contributed by atoms with Gasteiger partial charge in [-0.25, -0.2) is 0 Å². The maximum atomic E-state index is 9.70. The van der Waals surface area contributed by atoms with Crippen molar-refractivity contribution in [3.8, 4) is 0 Å². The van der Waals surface area contributed by atoms with Crippen molar-refractivity contribution in [3.05, 3.63) is 24.2 Å². The highest BCUT2D eigenvalue weighted by atomic mass is 16.5. The van der Waals surface area contributed by atoms with Crippen molar-refractivity contribution in [2.24, 2.45) is 5.92 Å². The van der Waals surface area contributed by atoms with E-state index < -0.39 is 6.10 Å². The van der Waals surface area contributed by atoms with Gasteiger partial charge in [-0.3, -0.25) is 0 Å². The first-order valence-electron chi connectivity index (χ1n) is 6.26. The monoisotopic (exact) mass is 257 g/mol. The molecule has 2 unspecified atom stereocenters. The zero-order chi connectivity index (χ0) is 13.4. The fraction of sp³-hybridized carbons (Fsp3) is 0.692. The van der Waals surface area contributed by atoms with Crippen molar-refractivity contribution >= 4 is 0 Å². The van der Waals surface area contributed by atoms with Crippen LogP contribution < -0.4 is 5.32 Å². The molecule has 0 saturated carbocycles. The molecule has 0 aliphatic heterocycles. The topological polar surface area (TPSA) is 74.9 Å². The lowest BCUT2D eigenvalue weighted by Crippen LogP contribution is -2.42. The summed E-state index contributed by atoms with van der Waals surface area (Å²) >= 11 is 0. The third-order valence-electron chi connectivity index (χ3n) is 2.75. The molecule has 3 N–H and O–H groups in total. The van der Waals surface area contributed by atoms with Crippen molar-refractivity contribution in [1.29, 1.82) is 0 Å². The van der Waals surface area contributed by atoms with E-state index in [0.29, 0.717) is 19.1 Å². The predicted molar refractivity (Wildman–Crippen MR) is 68.1 cm³/mol. The molecule has 0 amide bonds. The molecule has 2 atom stereocenters. The van der Waals surface area contributed by atoms with Gasteiger partial charge in [0.1, 0.15) is 12.4 Å². The number of hydrogen-bond acceptors (Lipinski definition) is 5. The summed E-state index contributed by atoms with van der Waals surface area (Å²) in [5.74, 6) is 1.07. The first kappa shape index (κ1) is 15.2. The molecule has 0 spiro atoms. The standard InChI is InChI=1S/C13H23NO4/c1-10(2)13(7-15)14-6-11(16)8-17-9-12-4-3-5-18-12/h3-5,10-11,13-16H,6-9H2,1-2H3. The Bertz CT molecular complexity index is 300. The van der Waals surface area contributed by atoms with Gasteiger partial charge in [0, 0.05) is 12.6 Å². The average Bonchev–Trinajstić information content (AvgIpc) is 2.82. The summed E-state index contributed by atoms with van der Waals surface area (Å²) in [6, 6.07) is 3.63. The van der Waals surface area contributed by atoms with E-state index in [-0.39, 0.29) is 19.3 Å². The minimum absolute atomic E-state index is 0.00437. The van der Waals surface area contributed by atoms with Gasteiger partial charge in [-0.15, -0.1) is 0 Å². The van der Waals surface area contributed by atoms with Gasteiger partial charge in [0.05, 0.1) is 25.6 Å². The molecule has 1 aromatic heterocycles.